The summed E-state index contributed by atoms with van der Waals surface area (Å²) in [7, 11) is -3.88. The monoisotopic (exact) mass is 296 g/mol. The van der Waals surface area contributed by atoms with Crippen LogP contribution in [0.15, 0.2) is 20.0 Å². The molecule has 0 aliphatic carbocycles. The largest absolute Gasteiger partial charge is 0.443 e. The number of amides is 1. The van der Waals surface area contributed by atoms with Crippen molar-refractivity contribution in [3.8, 4) is 0 Å². The molecule has 0 aromatic carbocycles. The normalized spacial score (nSPS) is 11.4. The van der Waals surface area contributed by atoms with Crippen molar-refractivity contribution in [3.05, 3.63) is 16.5 Å². The first-order valence-corrected chi connectivity index (χ1v) is 6.30. The third kappa shape index (κ3) is 2.80. The lowest BCUT2D eigenvalue weighted by Gasteiger charge is -1.95. The van der Waals surface area contributed by atoms with E-state index in [1.807, 2.05) is 0 Å². The maximum atomic E-state index is 11.3. The SMILES string of the molecule is CCNC(=O)c1cc(S(N)(=O)=O)c(Br)o1. The van der Waals surface area contributed by atoms with E-state index in [-0.39, 0.29) is 15.3 Å². The zero-order chi connectivity index (χ0) is 11.6. The first-order chi connectivity index (χ1) is 6.86. The Labute approximate surface area is 95.0 Å². The number of nitrogens with two attached hydrogens (primary N) is 1. The molecule has 0 saturated heterocycles. The van der Waals surface area contributed by atoms with Crippen molar-refractivity contribution < 1.29 is 17.6 Å². The molecule has 0 radical (unpaired) electrons. The van der Waals surface area contributed by atoms with Crippen LogP contribution >= 0.6 is 15.9 Å². The fraction of sp³-hybridized carbons (Fsp3) is 0.286. The molecule has 0 unspecified atom stereocenters. The summed E-state index contributed by atoms with van der Waals surface area (Å²) in [6, 6.07) is 1.07. The molecule has 8 heteroatoms. The Bertz CT molecular complexity index is 479. The topological polar surface area (TPSA) is 102 Å². The van der Waals surface area contributed by atoms with Gasteiger partial charge in [0.15, 0.2) is 10.4 Å². The third-order valence-corrected chi connectivity index (χ3v) is 3.29. The first-order valence-electron chi connectivity index (χ1n) is 3.96. The Morgan fingerprint density at radius 1 is 1.67 bits per heavy atom. The van der Waals surface area contributed by atoms with Gasteiger partial charge in [0.25, 0.3) is 5.91 Å². The number of carbonyl (C=O) groups excluding carboxylic acids is 1. The average Bonchev–Trinajstić information content (AvgIpc) is 2.47. The average molecular weight is 297 g/mol. The highest BCUT2D eigenvalue weighted by Crippen LogP contribution is 2.24. The van der Waals surface area contributed by atoms with Gasteiger partial charge in [-0.2, -0.15) is 0 Å². The van der Waals surface area contributed by atoms with Crippen LogP contribution < -0.4 is 10.5 Å². The lowest BCUT2D eigenvalue weighted by atomic mass is 10.4. The van der Waals surface area contributed by atoms with E-state index in [2.05, 4.69) is 21.2 Å². The van der Waals surface area contributed by atoms with Crippen molar-refractivity contribution >= 4 is 31.9 Å². The van der Waals surface area contributed by atoms with Gasteiger partial charge in [0.2, 0.25) is 10.0 Å². The van der Waals surface area contributed by atoms with Crippen LogP contribution in [0.3, 0.4) is 0 Å². The van der Waals surface area contributed by atoms with Crippen LogP contribution in [0.1, 0.15) is 17.5 Å². The minimum absolute atomic E-state index is 0.0775. The highest BCUT2D eigenvalue weighted by atomic mass is 79.9. The Morgan fingerprint density at radius 2 is 2.27 bits per heavy atom. The Balaban J connectivity index is 3.12. The van der Waals surface area contributed by atoms with Crippen LogP contribution in [-0.4, -0.2) is 20.9 Å². The Hall–Kier alpha value is -0.860. The molecule has 0 aliphatic heterocycles. The van der Waals surface area contributed by atoms with Crippen LogP contribution in [0.2, 0.25) is 0 Å². The highest BCUT2D eigenvalue weighted by molar-refractivity contribution is 9.10. The molecule has 0 saturated carbocycles. The number of nitrogens with one attached hydrogen (secondary N) is 1. The van der Waals surface area contributed by atoms with Crippen molar-refractivity contribution in [3.63, 3.8) is 0 Å². The molecular formula is C7H9BrN2O4S. The summed E-state index contributed by atoms with van der Waals surface area (Å²) in [4.78, 5) is 11.0. The third-order valence-electron chi connectivity index (χ3n) is 1.52. The van der Waals surface area contributed by atoms with Gasteiger partial charge < -0.3 is 9.73 Å². The van der Waals surface area contributed by atoms with Gasteiger partial charge in [-0.25, -0.2) is 13.6 Å². The summed E-state index contributed by atoms with van der Waals surface area (Å²) in [6.45, 7) is 2.15. The number of hydrogen-bond donors (Lipinski definition) is 2. The predicted molar refractivity (Wildman–Crippen MR) is 55.8 cm³/mol. The van der Waals surface area contributed by atoms with Gasteiger partial charge in [-0.05, 0) is 22.9 Å². The molecule has 1 amide bonds. The summed E-state index contributed by atoms with van der Waals surface area (Å²) in [6.07, 6.45) is 0. The fourth-order valence-electron chi connectivity index (χ4n) is 0.906. The number of carbonyl (C=O) groups is 1. The van der Waals surface area contributed by atoms with Gasteiger partial charge in [-0.15, -0.1) is 0 Å². The maximum absolute atomic E-state index is 11.3. The Morgan fingerprint density at radius 3 is 2.67 bits per heavy atom. The summed E-state index contributed by atoms with van der Waals surface area (Å²) in [5.41, 5.74) is 0. The summed E-state index contributed by atoms with van der Waals surface area (Å²) in [5, 5.41) is 7.36. The van der Waals surface area contributed by atoms with E-state index in [1.165, 1.54) is 0 Å². The number of rotatable bonds is 3. The highest BCUT2D eigenvalue weighted by Gasteiger charge is 2.21. The molecule has 84 valence electrons. The molecule has 1 rings (SSSR count). The van der Waals surface area contributed by atoms with Gasteiger partial charge in [0.05, 0.1) is 0 Å². The van der Waals surface area contributed by atoms with Crippen LogP contribution in [0.25, 0.3) is 0 Å². The Kier molecular flexibility index (Phi) is 3.53. The van der Waals surface area contributed by atoms with E-state index in [1.54, 1.807) is 6.92 Å². The number of halogens is 1. The van der Waals surface area contributed by atoms with Crippen molar-refractivity contribution in [2.75, 3.05) is 6.54 Å². The lowest BCUT2D eigenvalue weighted by Crippen LogP contribution is -2.22. The van der Waals surface area contributed by atoms with E-state index in [4.69, 9.17) is 9.56 Å². The molecule has 0 spiro atoms. The smallest absolute Gasteiger partial charge is 0.287 e. The molecule has 1 heterocycles. The van der Waals surface area contributed by atoms with Gasteiger partial charge in [-0.1, -0.05) is 0 Å². The second kappa shape index (κ2) is 4.33. The van der Waals surface area contributed by atoms with E-state index in [0.717, 1.165) is 6.07 Å². The number of sulfonamides is 1. The number of furan rings is 1. The second-order valence-corrected chi connectivity index (χ2v) is 4.90. The molecule has 1 aromatic heterocycles. The molecule has 15 heavy (non-hydrogen) atoms. The van der Waals surface area contributed by atoms with Gasteiger partial charge in [-0.3, -0.25) is 4.79 Å². The maximum Gasteiger partial charge on any atom is 0.287 e. The van der Waals surface area contributed by atoms with E-state index in [0.29, 0.717) is 6.54 Å². The minimum atomic E-state index is -3.88. The summed E-state index contributed by atoms with van der Waals surface area (Å²) >= 11 is 2.87. The second-order valence-electron chi connectivity index (χ2n) is 2.65. The van der Waals surface area contributed by atoms with Crippen molar-refractivity contribution in [2.24, 2.45) is 5.14 Å². The van der Waals surface area contributed by atoms with E-state index < -0.39 is 15.9 Å². The molecule has 3 N–H and O–H groups in total. The molecule has 0 bridgehead atoms. The quantitative estimate of drug-likeness (QED) is 0.845. The van der Waals surface area contributed by atoms with Crippen LogP contribution in [0, 0.1) is 0 Å². The molecular weight excluding hydrogens is 288 g/mol. The van der Waals surface area contributed by atoms with Gasteiger partial charge in [0, 0.05) is 12.6 Å². The van der Waals surface area contributed by atoms with Crippen LogP contribution in [0.4, 0.5) is 0 Å². The standard InChI is InChI=1S/C7H9BrN2O4S/c1-2-10-7(11)4-3-5(6(8)14-4)15(9,12)13/h3H,2H2,1H3,(H,10,11)(H2,9,12,13). The zero-order valence-electron chi connectivity index (χ0n) is 7.78. The van der Waals surface area contributed by atoms with Gasteiger partial charge >= 0.3 is 0 Å². The van der Waals surface area contributed by atoms with Crippen molar-refractivity contribution in [2.45, 2.75) is 11.8 Å². The predicted octanol–water partition coefficient (Wildman–Crippen LogP) is 0.439. The summed E-state index contributed by atoms with van der Waals surface area (Å²) < 4.78 is 26.8. The molecule has 6 nitrogen and oxygen atoms in total. The zero-order valence-corrected chi connectivity index (χ0v) is 10.2. The fourth-order valence-corrected chi connectivity index (χ4v) is 2.41. The number of hydrogen-bond acceptors (Lipinski definition) is 4. The molecule has 1 aromatic rings. The summed E-state index contributed by atoms with van der Waals surface area (Å²) in [5.74, 6) is -0.596. The van der Waals surface area contributed by atoms with Crippen molar-refractivity contribution in [1.29, 1.82) is 0 Å². The molecule has 0 fully saturated rings. The van der Waals surface area contributed by atoms with Crippen molar-refractivity contribution in [1.82, 2.24) is 5.32 Å². The first kappa shape index (κ1) is 12.2. The minimum Gasteiger partial charge on any atom is -0.443 e. The van der Waals surface area contributed by atoms with Gasteiger partial charge in [0.1, 0.15) is 4.90 Å². The number of primary sulfonamides is 1. The molecule has 0 atom stereocenters. The van der Waals surface area contributed by atoms with E-state index in [9.17, 15) is 13.2 Å². The van der Waals surface area contributed by atoms with E-state index >= 15 is 0 Å². The van der Waals surface area contributed by atoms with Crippen LogP contribution in [-0.2, 0) is 10.0 Å². The molecule has 0 aliphatic rings. The van der Waals surface area contributed by atoms with Crippen LogP contribution in [0.5, 0.6) is 0 Å². The lowest BCUT2D eigenvalue weighted by molar-refractivity contribution is 0.0927.